The van der Waals surface area contributed by atoms with E-state index in [9.17, 15) is 22.8 Å². The van der Waals surface area contributed by atoms with Gasteiger partial charge in [0, 0.05) is 34.5 Å². The molecule has 2 aromatic rings. The first kappa shape index (κ1) is 21.7. The van der Waals surface area contributed by atoms with Crippen LogP contribution in [0.25, 0.3) is 0 Å². The zero-order chi connectivity index (χ0) is 22.2. The summed E-state index contributed by atoms with van der Waals surface area (Å²) in [6, 6.07) is 2.79. The quantitative estimate of drug-likeness (QED) is 0.735. The van der Waals surface area contributed by atoms with E-state index < -0.39 is 18.8 Å². The van der Waals surface area contributed by atoms with Gasteiger partial charge in [0.25, 0.3) is 5.91 Å². The molecule has 10 heteroatoms. The number of hydrogen-bond donors (Lipinski definition) is 2. The summed E-state index contributed by atoms with van der Waals surface area (Å²) in [7, 11) is 0. The van der Waals surface area contributed by atoms with Gasteiger partial charge in [-0.2, -0.15) is 13.2 Å². The van der Waals surface area contributed by atoms with Crippen molar-refractivity contribution in [2.24, 2.45) is 5.92 Å². The van der Waals surface area contributed by atoms with Crippen molar-refractivity contribution in [1.82, 2.24) is 14.9 Å². The molecule has 0 aromatic carbocycles. The number of halogens is 3. The van der Waals surface area contributed by atoms with E-state index in [4.69, 9.17) is 4.74 Å². The Labute approximate surface area is 171 Å². The Morgan fingerprint density at radius 2 is 2.07 bits per heavy atom. The number of carbonyl (C=O) groups excluding carboxylic acids is 2. The molecule has 2 amide bonds. The highest BCUT2D eigenvalue weighted by molar-refractivity contribution is 6.01. The topological polar surface area (TPSA) is 87.3 Å². The number of aryl methyl sites for hydroxylation is 1. The van der Waals surface area contributed by atoms with E-state index in [1.54, 1.807) is 44.7 Å². The van der Waals surface area contributed by atoms with E-state index in [0.717, 1.165) is 0 Å². The van der Waals surface area contributed by atoms with Crippen molar-refractivity contribution in [1.29, 1.82) is 0 Å². The van der Waals surface area contributed by atoms with Crippen LogP contribution in [0.4, 0.5) is 19.0 Å². The fraction of sp³-hybridized carbons (Fsp3) is 0.450. The van der Waals surface area contributed by atoms with Crippen LogP contribution >= 0.6 is 0 Å². The molecule has 1 atom stereocenters. The van der Waals surface area contributed by atoms with Crippen molar-refractivity contribution in [2.75, 3.05) is 11.9 Å². The van der Waals surface area contributed by atoms with E-state index in [1.807, 2.05) is 0 Å². The molecular formula is C20H23F3N4O3. The second-order valence-electron chi connectivity index (χ2n) is 7.58. The number of hydrogen-bond acceptors (Lipinski definition) is 4. The number of rotatable bonds is 6. The third-order valence-corrected chi connectivity index (χ3v) is 4.93. The van der Waals surface area contributed by atoms with Gasteiger partial charge in [-0.05, 0) is 26.0 Å². The fourth-order valence-electron chi connectivity index (χ4n) is 3.19. The Kier molecular flexibility index (Phi) is 5.78. The Morgan fingerprint density at radius 3 is 2.70 bits per heavy atom. The number of anilines is 1. The number of ether oxygens (including phenoxy) is 1. The van der Waals surface area contributed by atoms with Crippen LogP contribution in [-0.2, 0) is 11.3 Å². The smallest absolute Gasteiger partial charge is 0.422 e. The Balaban J connectivity index is 1.80. The van der Waals surface area contributed by atoms with Gasteiger partial charge >= 0.3 is 6.18 Å². The number of aromatic amines is 1. The molecule has 3 heterocycles. The molecule has 0 spiro atoms. The third-order valence-electron chi connectivity index (χ3n) is 4.93. The van der Waals surface area contributed by atoms with Gasteiger partial charge in [-0.3, -0.25) is 9.59 Å². The first-order valence-corrected chi connectivity index (χ1v) is 9.46. The Morgan fingerprint density at radius 1 is 1.37 bits per heavy atom. The number of amides is 2. The average Bonchev–Trinajstić information content (AvgIpc) is 3.20. The lowest BCUT2D eigenvalue weighted by molar-refractivity contribution is -0.154. The largest absolute Gasteiger partial charge is 0.469 e. The standard InChI is InChI=1S/C20H23F3N4O3/c1-10(2)17(28)26-16-14-8-27(19(29)13(14)5-6-24-16)12(4)15-7-11(3)18(25-15)30-9-20(21,22)23/h5-7,10,12,25H,8-9H2,1-4H3,(H,24,26,28). The summed E-state index contributed by atoms with van der Waals surface area (Å²) in [6.45, 7) is 5.72. The molecule has 1 aliphatic heterocycles. The van der Waals surface area contributed by atoms with Gasteiger partial charge in [0.15, 0.2) is 12.5 Å². The number of carbonyl (C=O) groups is 2. The van der Waals surface area contributed by atoms with Gasteiger partial charge < -0.3 is 19.9 Å². The number of nitrogens with zero attached hydrogens (tertiary/aromatic N) is 2. The second kappa shape index (κ2) is 8.00. The van der Waals surface area contributed by atoms with E-state index in [1.165, 1.54) is 6.20 Å². The van der Waals surface area contributed by atoms with Gasteiger partial charge in [-0.15, -0.1) is 0 Å². The predicted molar refractivity (Wildman–Crippen MR) is 103 cm³/mol. The van der Waals surface area contributed by atoms with Crippen LogP contribution in [0, 0.1) is 12.8 Å². The third kappa shape index (κ3) is 4.42. The first-order valence-electron chi connectivity index (χ1n) is 9.46. The molecule has 1 aliphatic rings. The van der Waals surface area contributed by atoms with E-state index >= 15 is 0 Å². The molecule has 0 radical (unpaired) electrons. The minimum Gasteiger partial charge on any atom is -0.469 e. The predicted octanol–water partition coefficient (Wildman–Crippen LogP) is 3.97. The van der Waals surface area contributed by atoms with Crippen LogP contribution in [0.15, 0.2) is 18.3 Å². The zero-order valence-electron chi connectivity index (χ0n) is 17.1. The van der Waals surface area contributed by atoms with E-state index in [0.29, 0.717) is 28.2 Å². The lowest BCUT2D eigenvalue weighted by Gasteiger charge is -2.23. The van der Waals surface area contributed by atoms with Crippen LogP contribution in [0.2, 0.25) is 0 Å². The SMILES string of the molecule is Cc1cc(C(C)N2Cc3c(ccnc3NC(=O)C(C)C)C2=O)[nH]c1OCC(F)(F)F. The van der Waals surface area contributed by atoms with Crippen LogP contribution in [-0.4, -0.2) is 39.5 Å². The molecular weight excluding hydrogens is 401 g/mol. The molecule has 30 heavy (non-hydrogen) atoms. The normalized spacial score (nSPS) is 14.8. The maximum absolute atomic E-state index is 12.9. The molecule has 0 fully saturated rings. The summed E-state index contributed by atoms with van der Waals surface area (Å²) in [5, 5.41) is 2.74. The van der Waals surface area contributed by atoms with Crippen LogP contribution in [0.1, 0.15) is 54.0 Å². The van der Waals surface area contributed by atoms with Crippen molar-refractivity contribution >= 4 is 17.6 Å². The van der Waals surface area contributed by atoms with Crippen LogP contribution < -0.4 is 10.1 Å². The molecule has 3 rings (SSSR count). The minimum absolute atomic E-state index is 0.0184. The highest BCUT2D eigenvalue weighted by atomic mass is 19.4. The van der Waals surface area contributed by atoms with Crippen molar-refractivity contribution in [3.63, 3.8) is 0 Å². The number of H-pyrrole nitrogens is 1. The lowest BCUT2D eigenvalue weighted by Crippen LogP contribution is -2.27. The number of alkyl halides is 3. The van der Waals surface area contributed by atoms with Gasteiger partial charge in [-0.1, -0.05) is 13.8 Å². The Hall–Kier alpha value is -3.04. The van der Waals surface area contributed by atoms with Crippen molar-refractivity contribution in [3.8, 4) is 5.88 Å². The lowest BCUT2D eigenvalue weighted by atomic mass is 10.1. The first-order chi connectivity index (χ1) is 14.0. The fourth-order valence-corrected chi connectivity index (χ4v) is 3.19. The summed E-state index contributed by atoms with van der Waals surface area (Å²) >= 11 is 0. The van der Waals surface area contributed by atoms with E-state index in [-0.39, 0.29) is 30.2 Å². The average molecular weight is 424 g/mol. The molecule has 2 N–H and O–H groups in total. The molecule has 2 aromatic heterocycles. The van der Waals surface area contributed by atoms with Crippen molar-refractivity contribution in [3.05, 3.63) is 40.7 Å². The molecule has 7 nitrogen and oxygen atoms in total. The molecule has 0 aliphatic carbocycles. The highest BCUT2D eigenvalue weighted by Gasteiger charge is 2.35. The molecule has 1 unspecified atom stereocenters. The van der Waals surface area contributed by atoms with Crippen molar-refractivity contribution < 1.29 is 27.5 Å². The van der Waals surface area contributed by atoms with E-state index in [2.05, 4.69) is 15.3 Å². The summed E-state index contributed by atoms with van der Waals surface area (Å²) in [6.07, 6.45) is -2.98. The maximum Gasteiger partial charge on any atom is 0.422 e. The number of aromatic nitrogens is 2. The van der Waals surface area contributed by atoms with Crippen molar-refractivity contribution in [2.45, 2.75) is 46.5 Å². The number of fused-ring (bicyclic) bond motifs is 1. The minimum atomic E-state index is -4.44. The Bertz CT molecular complexity index is 969. The second-order valence-corrected chi connectivity index (χ2v) is 7.58. The molecule has 0 saturated heterocycles. The molecule has 0 saturated carbocycles. The number of nitrogens with one attached hydrogen (secondary N) is 2. The van der Waals surface area contributed by atoms with Gasteiger partial charge in [-0.25, -0.2) is 4.98 Å². The van der Waals surface area contributed by atoms with Crippen LogP contribution in [0.3, 0.4) is 0 Å². The summed E-state index contributed by atoms with van der Waals surface area (Å²) < 4.78 is 42.1. The summed E-state index contributed by atoms with van der Waals surface area (Å²) in [5.74, 6) is -0.339. The van der Waals surface area contributed by atoms with Gasteiger partial charge in [0.05, 0.1) is 12.6 Å². The monoisotopic (exact) mass is 424 g/mol. The summed E-state index contributed by atoms with van der Waals surface area (Å²) in [5.41, 5.74) is 2.11. The summed E-state index contributed by atoms with van der Waals surface area (Å²) in [4.78, 5) is 33.6. The van der Waals surface area contributed by atoms with Crippen LogP contribution in [0.5, 0.6) is 5.88 Å². The maximum atomic E-state index is 12.9. The number of pyridine rings is 1. The van der Waals surface area contributed by atoms with Gasteiger partial charge in [0.2, 0.25) is 5.91 Å². The zero-order valence-corrected chi connectivity index (χ0v) is 17.1. The highest BCUT2D eigenvalue weighted by Crippen LogP contribution is 2.35. The molecule has 0 bridgehead atoms. The van der Waals surface area contributed by atoms with Gasteiger partial charge in [0.1, 0.15) is 5.82 Å². The molecule has 162 valence electrons.